The Hall–Kier alpha value is -2.63. The summed E-state index contributed by atoms with van der Waals surface area (Å²) in [5.41, 5.74) is 2.29. The first-order valence-electron chi connectivity index (χ1n) is 8.61. The molecule has 0 N–H and O–H groups in total. The Morgan fingerprint density at radius 1 is 1.08 bits per heavy atom. The van der Waals surface area contributed by atoms with E-state index in [9.17, 15) is 4.79 Å². The lowest BCUT2D eigenvalue weighted by atomic mass is 10.1. The Labute approximate surface area is 149 Å². The second-order valence-corrected chi connectivity index (χ2v) is 6.64. The van der Waals surface area contributed by atoms with Crippen LogP contribution in [0.4, 0.5) is 11.8 Å². The summed E-state index contributed by atoms with van der Waals surface area (Å²) in [4.78, 5) is 27.4. The maximum Gasteiger partial charge on any atom is 0.227 e. The minimum Gasteiger partial charge on any atom is -0.353 e. The Morgan fingerprint density at radius 3 is 2.40 bits per heavy atom. The molecule has 6 heteroatoms. The number of hydrogen-bond acceptors (Lipinski definition) is 5. The van der Waals surface area contributed by atoms with Crippen molar-refractivity contribution in [1.29, 1.82) is 0 Å². The smallest absolute Gasteiger partial charge is 0.227 e. The second-order valence-electron chi connectivity index (χ2n) is 6.64. The van der Waals surface area contributed by atoms with Crippen LogP contribution in [0.15, 0.2) is 36.5 Å². The topological polar surface area (TPSA) is 52.6 Å². The first-order chi connectivity index (χ1) is 12.0. The molecule has 0 unspecified atom stereocenters. The van der Waals surface area contributed by atoms with Crippen molar-refractivity contribution in [2.45, 2.75) is 13.3 Å². The van der Waals surface area contributed by atoms with Crippen molar-refractivity contribution >= 4 is 17.7 Å². The van der Waals surface area contributed by atoms with Crippen LogP contribution in [0.2, 0.25) is 0 Å². The van der Waals surface area contributed by atoms with Crippen molar-refractivity contribution in [3.05, 3.63) is 47.7 Å². The van der Waals surface area contributed by atoms with E-state index in [0.717, 1.165) is 37.6 Å². The van der Waals surface area contributed by atoms with Crippen LogP contribution in [-0.4, -0.2) is 61.0 Å². The van der Waals surface area contributed by atoms with E-state index in [0.29, 0.717) is 12.4 Å². The van der Waals surface area contributed by atoms with Crippen LogP contribution in [0.25, 0.3) is 0 Å². The van der Waals surface area contributed by atoms with Gasteiger partial charge in [-0.15, -0.1) is 0 Å². The third-order valence-corrected chi connectivity index (χ3v) is 4.46. The largest absolute Gasteiger partial charge is 0.353 e. The normalized spacial score (nSPS) is 14.5. The van der Waals surface area contributed by atoms with E-state index in [4.69, 9.17) is 0 Å². The molecular formula is C19H25N5O. The maximum absolute atomic E-state index is 12.5. The van der Waals surface area contributed by atoms with Crippen molar-refractivity contribution in [3.8, 4) is 0 Å². The highest BCUT2D eigenvalue weighted by molar-refractivity contribution is 5.79. The van der Waals surface area contributed by atoms with Crippen molar-refractivity contribution in [2.24, 2.45) is 0 Å². The predicted octanol–water partition coefficient (Wildman–Crippen LogP) is 1.74. The highest BCUT2D eigenvalue weighted by Crippen LogP contribution is 2.16. The summed E-state index contributed by atoms with van der Waals surface area (Å²) in [5.74, 6) is 1.82. The molecule has 0 saturated carbocycles. The van der Waals surface area contributed by atoms with Crippen LogP contribution in [0.3, 0.4) is 0 Å². The first-order valence-corrected chi connectivity index (χ1v) is 8.61. The summed E-state index contributed by atoms with van der Waals surface area (Å²) in [7, 11) is 3.86. The number of piperazine rings is 1. The fourth-order valence-corrected chi connectivity index (χ4v) is 2.91. The number of anilines is 2. The van der Waals surface area contributed by atoms with Gasteiger partial charge in [0.25, 0.3) is 0 Å². The van der Waals surface area contributed by atoms with E-state index in [1.165, 1.54) is 5.56 Å². The number of aromatic nitrogens is 2. The van der Waals surface area contributed by atoms with Gasteiger partial charge in [-0.2, -0.15) is 4.98 Å². The number of carbonyl (C=O) groups excluding carboxylic acids is 1. The Morgan fingerprint density at radius 2 is 1.76 bits per heavy atom. The lowest BCUT2D eigenvalue weighted by Crippen LogP contribution is -2.49. The quantitative estimate of drug-likeness (QED) is 0.849. The average molecular weight is 339 g/mol. The number of nitrogens with zero attached hydrogens (tertiary/aromatic N) is 5. The number of rotatable bonds is 4. The summed E-state index contributed by atoms with van der Waals surface area (Å²) in [6.45, 7) is 5.10. The minimum atomic E-state index is 0.195. The number of hydrogen-bond donors (Lipinski definition) is 0. The molecule has 0 spiro atoms. The molecule has 1 fully saturated rings. The molecule has 132 valence electrons. The first kappa shape index (κ1) is 17.2. The molecule has 1 saturated heterocycles. The number of aryl methyl sites for hydroxylation is 1. The SMILES string of the molecule is Cc1ccc(CC(=O)N2CCN(c3ccnc(N(C)C)n3)CC2)cc1. The molecule has 2 aromatic rings. The molecule has 6 nitrogen and oxygen atoms in total. The highest BCUT2D eigenvalue weighted by Gasteiger charge is 2.22. The Bertz CT molecular complexity index is 721. The third-order valence-electron chi connectivity index (χ3n) is 4.46. The lowest BCUT2D eigenvalue weighted by Gasteiger charge is -2.35. The van der Waals surface area contributed by atoms with E-state index >= 15 is 0 Å². The zero-order chi connectivity index (χ0) is 17.8. The maximum atomic E-state index is 12.5. The molecule has 1 aromatic carbocycles. The van der Waals surface area contributed by atoms with Gasteiger partial charge in [0.05, 0.1) is 6.42 Å². The van der Waals surface area contributed by atoms with Crippen LogP contribution in [0.5, 0.6) is 0 Å². The molecule has 25 heavy (non-hydrogen) atoms. The summed E-state index contributed by atoms with van der Waals surface area (Å²) < 4.78 is 0. The number of carbonyl (C=O) groups is 1. The number of benzene rings is 1. The molecule has 0 bridgehead atoms. The van der Waals surface area contributed by atoms with E-state index in [1.807, 2.05) is 42.1 Å². The molecule has 2 heterocycles. The van der Waals surface area contributed by atoms with Gasteiger partial charge in [0.15, 0.2) is 0 Å². The Balaban J connectivity index is 1.57. The predicted molar refractivity (Wildman–Crippen MR) is 100 cm³/mol. The van der Waals surface area contributed by atoms with Gasteiger partial charge < -0.3 is 14.7 Å². The zero-order valence-corrected chi connectivity index (χ0v) is 15.1. The van der Waals surface area contributed by atoms with Gasteiger partial charge in [-0.1, -0.05) is 29.8 Å². The molecule has 1 aliphatic rings. The fraction of sp³-hybridized carbons (Fsp3) is 0.421. The van der Waals surface area contributed by atoms with E-state index in [1.54, 1.807) is 6.20 Å². The van der Waals surface area contributed by atoms with E-state index in [-0.39, 0.29) is 5.91 Å². The van der Waals surface area contributed by atoms with Crippen molar-refractivity contribution in [2.75, 3.05) is 50.1 Å². The molecule has 0 aliphatic carbocycles. The standard InChI is InChI=1S/C19H25N5O/c1-15-4-6-16(7-5-15)14-18(25)24-12-10-23(11-13-24)17-8-9-20-19(21-17)22(2)3/h4-9H,10-14H2,1-3H3. The van der Waals surface area contributed by atoms with Crippen LogP contribution >= 0.6 is 0 Å². The average Bonchev–Trinajstić information content (AvgIpc) is 2.64. The van der Waals surface area contributed by atoms with Gasteiger partial charge in [-0.05, 0) is 18.6 Å². The molecule has 1 aliphatic heterocycles. The summed E-state index contributed by atoms with van der Waals surface area (Å²) in [5, 5.41) is 0. The minimum absolute atomic E-state index is 0.195. The van der Waals surface area contributed by atoms with Crippen LogP contribution in [0, 0.1) is 6.92 Å². The summed E-state index contributed by atoms with van der Waals surface area (Å²) in [6.07, 6.45) is 2.26. The third kappa shape index (κ3) is 4.26. The summed E-state index contributed by atoms with van der Waals surface area (Å²) in [6, 6.07) is 10.1. The monoisotopic (exact) mass is 339 g/mol. The van der Waals surface area contributed by atoms with Crippen molar-refractivity contribution in [1.82, 2.24) is 14.9 Å². The van der Waals surface area contributed by atoms with Gasteiger partial charge in [0.2, 0.25) is 11.9 Å². The lowest BCUT2D eigenvalue weighted by molar-refractivity contribution is -0.130. The van der Waals surface area contributed by atoms with Gasteiger partial charge in [-0.25, -0.2) is 4.98 Å². The zero-order valence-electron chi connectivity index (χ0n) is 15.1. The second kappa shape index (κ2) is 7.51. The van der Waals surface area contributed by atoms with Gasteiger partial charge in [0.1, 0.15) is 5.82 Å². The summed E-state index contributed by atoms with van der Waals surface area (Å²) >= 11 is 0. The Kier molecular flexibility index (Phi) is 5.16. The van der Waals surface area contributed by atoms with E-state index < -0.39 is 0 Å². The molecule has 1 aromatic heterocycles. The molecule has 1 amide bonds. The van der Waals surface area contributed by atoms with Crippen LogP contribution in [0.1, 0.15) is 11.1 Å². The van der Waals surface area contributed by atoms with Gasteiger partial charge in [0, 0.05) is 46.5 Å². The van der Waals surface area contributed by atoms with Crippen LogP contribution < -0.4 is 9.80 Å². The van der Waals surface area contributed by atoms with Gasteiger partial charge >= 0.3 is 0 Å². The molecular weight excluding hydrogens is 314 g/mol. The molecule has 3 rings (SSSR count). The fourth-order valence-electron chi connectivity index (χ4n) is 2.91. The number of amides is 1. The van der Waals surface area contributed by atoms with Crippen LogP contribution in [-0.2, 0) is 11.2 Å². The van der Waals surface area contributed by atoms with Crippen molar-refractivity contribution in [3.63, 3.8) is 0 Å². The molecule has 0 atom stereocenters. The van der Waals surface area contributed by atoms with E-state index in [2.05, 4.69) is 33.9 Å². The highest BCUT2D eigenvalue weighted by atomic mass is 16.2. The van der Waals surface area contributed by atoms with Gasteiger partial charge in [-0.3, -0.25) is 4.79 Å². The molecule has 0 radical (unpaired) electrons. The van der Waals surface area contributed by atoms with Crippen molar-refractivity contribution < 1.29 is 4.79 Å².